The molecule has 160 valence electrons. The van der Waals surface area contributed by atoms with Gasteiger partial charge in [0.25, 0.3) is 0 Å². The average Bonchev–Trinajstić information content (AvgIpc) is 2.93. The van der Waals surface area contributed by atoms with Crippen LogP contribution in [0.25, 0.3) is 0 Å². The number of piperidine rings is 1. The van der Waals surface area contributed by atoms with E-state index in [-0.39, 0.29) is 66.2 Å². The molecule has 0 aliphatic carbocycles. The number of hydrogen-bond donors (Lipinski definition) is 3. The number of carbonyl (C=O) groups is 3. The monoisotopic (exact) mass is 508 g/mol. The molecule has 3 amide bonds. The van der Waals surface area contributed by atoms with Gasteiger partial charge in [-0.05, 0) is 26.7 Å². The molecule has 2 rings (SSSR count). The summed E-state index contributed by atoms with van der Waals surface area (Å²) >= 11 is 0. The van der Waals surface area contributed by atoms with E-state index in [1.807, 2.05) is 13.8 Å². The van der Waals surface area contributed by atoms with Crippen molar-refractivity contribution in [2.24, 2.45) is 10.4 Å². The molecule has 3 N–H and O–H groups in total. The van der Waals surface area contributed by atoms with Crippen LogP contribution in [0.5, 0.6) is 0 Å². The summed E-state index contributed by atoms with van der Waals surface area (Å²) < 4.78 is 0. The number of likely N-dealkylation sites (N-methyl/N-ethyl adjacent to an activating group) is 1. The molecule has 0 bridgehead atoms. The molecular weight excluding hydrogens is 475 g/mol. The van der Waals surface area contributed by atoms with E-state index in [0.29, 0.717) is 25.5 Å². The van der Waals surface area contributed by atoms with Crippen LogP contribution in [-0.4, -0.2) is 86.3 Å². The normalized spacial score (nSPS) is 22.0. The van der Waals surface area contributed by atoms with Crippen molar-refractivity contribution in [2.75, 3.05) is 46.8 Å². The predicted octanol–water partition coefficient (Wildman–Crippen LogP) is -0.235. The third-order valence-corrected chi connectivity index (χ3v) is 4.88. The van der Waals surface area contributed by atoms with Gasteiger partial charge >= 0.3 is 0 Å². The summed E-state index contributed by atoms with van der Waals surface area (Å²) in [5, 5.41) is 8.84. The van der Waals surface area contributed by atoms with Crippen LogP contribution in [0.4, 0.5) is 0 Å². The van der Waals surface area contributed by atoms with Crippen molar-refractivity contribution >= 4 is 47.7 Å². The smallest absolute Gasteiger partial charge is 0.242 e. The maximum absolute atomic E-state index is 12.0. The fourth-order valence-corrected chi connectivity index (χ4v) is 3.52. The molecule has 28 heavy (non-hydrogen) atoms. The average molecular weight is 508 g/mol. The standard InChI is InChI=1S/C18H32N6O3.HI/c1-13(2)22-15(26)9-19-17(20-10-16(27)23(3)4)24-7-5-6-18(12-24)8-14(25)21-11-18;/h13H,5-12H2,1-4H3,(H,19,20)(H,21,25)(H,22,26);1H. The molecular formula is C18H33IN6O3. The molecule has 0 saturated carbocycles. The van der Waals surface area contributed by atoms with Crippen molar-refractivity contribution in [3.8, 4) is 0 Å². The van der Waals surface area contributed by atoms with E-state index in [1.54, 1.807) is 14.1 Å². The number of halogens is 1. The topological polar surface area (TPSA) is 106 Å². The van der Waals surface area contributed by atoms with Gasteiger partial charge in [-0.15, -0.1) is 24.0 Å². The zero-order chi connectivity index (χ0) is 20.0. The van der Waals surface area contributed by atoms with E-state index in [9.17, 15) is 14.4 Å². The van der Waals surface area contributed by atoms with Crippen LogP contribution >= 0.6 is 24.0 Å². The van der Waals surface area contributed by atoms with Crippen LogP contribution in [-0.2, 0) is 14.4 Å². The molecule has 0 radical (unpaired) electrons. The largest absolute Gasteiger partial charge is 0.355 e. The lowest BCUT2D eigenvalue weighted by atomic mass is 9.79. The van der Waals surface area contributed by atoms with Crippen LogP contribution in [0, 0.1) is 5.41 Å². The Morgan fingerprint density at radius 1 is 1.36 bits per heavy atom. The number of guanidine groups is 1. The Labute approximate surface area is 184 Å². The second kappa shape index (κ2) is 10.8. The number of likely N-dealkylation sites (tertiary alicyclic amines) is 1. The molecule has 2 heterocycles. The molecule has 1 unspecified atom stereocenters. The minimum absolute atomic E-state index is 0. The lowest BCUT2D eigenvalue weighted by molar-refractivity contribution is -0.127. The van der Waals surface area contributed by atoms with Gasteiger partial charge < -0.3 is 25.8 Å². The summed E-state index contributed by atoms with van der Waals surface area (Å²) in [4.78, 5) is 43.7. The highest BCUT2D eigenvalue weighted by atomic mass is 127. The van der Waals surface area contributed by atoms with Gasteiger partial charge in [-0.1, -0.05) is 0 Å². The first kappa shape index (κ1) is 24.4. The van der Waals surface area contributed by atoms with Gasteiger partial charge in [-0.3, -0.25) is 14.4 Å². The minimum atomic E-state index is -0.160. The lowest BCUT2D eigenvalue weighted by Crippen LogP contribution is -2.53. The number of amides is 3. The van der Waals surface area contributed by atoms with E-state index in [0.717, 1.165) is 19.4 Å². The summed E-state index contributed by atoms with van der Waals surface area (Å²) in [6.07, 6.45) is 2.44. The fraction of sp³-hybridized carbons (Fsp3) is 0.778. The summed E-state index contributed by atoms with van der Waals surface area (Å²) in [7, 11) is 3.39. The summed E-state index contributed by atoms with van der Waals surface area (Å²) in [5.41, 5.74) is -0.0937. The highest BCUT2D eigenvalue weighted by molar-refractivity contribution is 14.0. The van der Waals surface area contributed by atoms with Crippen molar-refractivity contribution in [1.82, 2.24) is 25.8 Å². The Morgan fingerprint density at radius 2 is 2.07 bits per heavy atom. The van der Waals surface area contributed by atoms with Gasteiger partial charge in [0.2, 0.25) is 17.7 Å². The van der Waals surface area contributed by atoms with Crippen LogP contribution in [0.1, 0.15) is 33.1 Å². The van der Waals surface area contributed by atoms with Crippen LogP contribution in [0.15, 0.2) is 4.99 Å². The third-order valence-electron chi connectivity index (χ3n) is 4.88. The molecule has 1 spiro atoms. The van der Waals surface area contributed by atoms with Gasteiger partial charge in [-0.25, -0.2) is 4.99 Å². The molecule has 0 aromatic heterocycles. The molecule has 2 aliphatic heterocycles. The van der Waals surface area contributed by atoms with Gasteiger partial charge in [0, 0.05) is 51.6 Å². The molecule has 1 atom stereocenters. The number of nitrogens with zero attached hydrogens (tertiary/aromatic N) is 3. The van der Waals surface area contributed by atoms with Crippen LogP contribution < -0.4 is 16.0 Å². The van der Waals surface area contributed by atoms with Gasteiger partial charge in [0.15, 0.2) is 5.96 Å². The highest BCUT2D eigenvalue weighted by Gasteiger charge is 2.42. The fourth-order valence-electron chi connectivity index (χ4n) is 3.52. The highest BCUT2D eigenvalue weighted by Crippen LogP contribution is 2.35. The molecule has 0 aromatic rings. The van der Waals surface area contributed by atoms with Crippen molar-refractivity contribution < 1.29 is 14.4 Å². The summed E-state index contributed by atoms with van der Waals surface area (Å²) in [6.45, 7) is 6.03. The second-order valence-corrected chi connectivity index (χ2v) is 7.98. The SMILES string of the molecule is CC(C)NC(=O)CN=C(NCC(=O)N(C)C)N1CCCC2(CNC(=O)C2)C1.I. The van der Waals surface area contributed by atoms with E-state index >= 15 is 0 Å². The molecule has 0 aromatic carbocycles. The molecule has 2 saturated heterocycles. The van der Waals surface area contributed by atoms with Crippen molar-refractivity contribution in [3.63, 3.8) is 0 Å². The Morgan fingerprint density at radius 3 is 2.64 bits per heavy atom. The van der Waals surface area contributed by atoms with Crippen LogP contribution in [0.3, 0.4) is 0 Å². The van der Waals surface area contributed by atoms with Gasteiger partial charge in [0.05, 0.1) is 6.54 Å². The van der Waals surface area contributed by atoms with Gasteiger partial charge in [-0.2, -0.15) is 0 Å². The first-order valence-corrected chi connectivity index (χ1v) is 9.50. The molecule has 2 fully saturated rings. The quantitative estimate of drug-likeness (QED) is 0.270. The third kappa shape index (κ3) is 7.10. The van der Waals surface area contributed by atoms with Crippen molar-refractivity contribution in [2.45, 2.75) is 39.2 Å². The van der Waals surface area contributed by atoms with E-state index < -0.39 is 0 Å². The Balaban J connectivity index is 0.00000392. The minimum Gasteiger partial charge on any atom is -0.355 e. The first-order chi connectivity index (χ1) is 12.7. The summed E-state index contributed by atoms with van der Waals surface area (Å²) in [5.74, 6) is 0.399. The van der Waals surface area contributed by atoms with E-state index in [4.69, 9.17) is 0 Å². The molecule has 10 heteroatoms. The van der Waals surface area contributed by atoms with Crippen molar-refractivity contribution in [1.29, 1.82) is 0 Å². The summed E-state index contributed by atoms with van der Waals surface area (Å²) in [6, 6.07) is 0.0493. The number of nitrogens with one attached hydrogen (secondary N) is 3. The molecule has 2 aliphatic rings. The van der Waals surface area contributed by atoms with E-state index in [1.165, 1.54) is 4.90 Å². The number of rotatable bonds is 5. The number of aliphatic imine (C=N–C) groups is 1. The lowest BCUT2D eigenvalue weighted by Gasteiger charge is -2.40. The Kier molecular flexibility index (Phi) is 9.45. The maximum Gasteiger partial charge on any atom is 0.242 e. The zero-order valence-electron chi connectivity index (χ0n) is 17.2. The van der Waals surface area contributed by atoms with Gasteiger partial charge in [0.1, 0.15) is 6.54 Å². The Bertz CT molecular complexity index is 610. The first-order valence-electron chi connectivity index (χ1n) is 9.50. The van der Waals surface area contributed by atoms with Crippen molar-refractivity contribution in [3.05, 3.63) is 0 Å². The number of carbonyl (C=O) groups excluding carboxylic acids is 3. The van der Waals surface area contributed by atoms with E-state index in [2.05, 4.69) is 25.8 Å². The predicted molar refractivity (Wildman–Crippen MR) is 119 cm³/mol. The zero-order valence-corrected chi connectivity index (χ0v) is 19.5. The molecule has 9 nitrogen and oxygen atoms in total. The maximum atomic E-state index is 12.0. The second-order valence-electron chi connectivity index (χ2n) is 7.98. The number of hydrogen-bond acceptors (Lipinski definition) is 4. The van der Waals surface area contributed by atoms with Crippen LogP contribution in [0.2, 0.25) is 0 Å². The Hall–Kier alpha value is -1.59.